The lowest BCUT2D eigenvalue weighted by Crippen LogP contribution is -2.42. The summed E-state index contributed by atoms with van der Waals surface area (Å²) in [5, 5.41) is 13.9. The van der Waals surface area contributed by atoms with Gasteiger partial charge in [0.05, 0.1) is 18.8 Å². The van der Waals surface area contributed by atoms with Crippen LogP contribution in [0.2, 0.25) is 0 Å². The molecule has 0 unspecified atom stereocenters. The number of carbonyl (C=O) groups is 1. The number of likely N-dealkylation sites (tertiary alicyclic amines) is 1. The summed E-state index contributed by atoms with van der Waals surface area (Å²) in [5.74, 6) is 0.617. The molecule has 0 radical (unpaired) electrons. The van der Waals surface area contributed by atoms with E-state index in [0.29, 0.717) is 18.9 Å². The average Bonchev–Trinajstić information content (AvgIpc) is 3.28. The molecule has 3 heterocycles. The van der Waals surface area contributed by atoms with Gasteiger partial charge in [0.15, 0.2) is 5.82 Å². The number of rotatable bonds is 4. The summed E-state index contributed by atoms with van der Waals surface area (Å²) in [7, 11) is 0. The van der Waals surface area contributed by atoms with E-state index < -0.39 is 5.60 Å². The Kier molecular flexibility index (Phi) is 6.23. The second-order valence-corrected chi connectivity index (χ2v) is 9.06. The van der Waals surface area contributed by atoms with Crippen LogP contribution in [0.1, 0.15) is 45.2 Å². The summed E-state index contributed by atoms with van der Waals surface area (Å²) in [4.78, 5) is 23.0. The molecule has 1 saturated heterocycles. The molecule has 1 fully saturated rings. The first kappa shape index (κ1) is 22.0. The maximum absolute atomic E-state index is 12.3. The molecule has 168 valence electrons. The maximum atomic E-state index is 12.3. The highest BCUT2D eigenvalue weighted by atomic mass is 16.6. The van der Waals surface area contributed by atoms with Crippen molar-refractivity contribution in [3.05, 3.63) is 54.6 Å². The predicted octanol–water partition coefficient (Wildman–Crippen LogP) is 4.07. The average molecular weight is 436 g/mol. The molecule has 0 aliphatic carbocycles. The third-order valence-corrected chi connectivity index (χ3v) is 5.44. The van der Waals surface area contributed by atoms with E-state index in [0.717, 1.165) is 35.1 Å². The molecule has 0 saturated carbocycles. The molecule has 1 aliphatic heterocycles. The third kappa shape index (κ3) is 5.13. The molecule has 0 atom stereocenters. The van der Waals surface area contributed by atoms with Gasteiger partial charge < -0.3 is 14.7 Å². The molecule has 0 bridgehead atoms. The molecule has 1 N–H and O–H groups in total. The van der Waals surface area contributed by atoms with Crippen LogP contribution in [0.4, 0.5) is 4.79 Å². The van der Waals surface area contributed by atoms with Crippen molar-refractivity contribution in [2.45, 2.75) is 51.9 Å². The summed E-state index contributed by atoms with van der Waals surface area (Å²) in [6, 6.07) is 7.80. The van der Waals surface area contributed by atoms with Gasteiger partial charge in [-0.25, -0.2) is 14.8 Å². The van der Waals surface area contributed by atoms with Gasteiger partial charge in [-0.3, -0.25) is 4.68 Å². The molecule has 3 aromatic rings. The van der Waals surface area contributed by atoms with Crippen LogP contribution in [0, 0.1) is 0 Å². The third-order valence-electron chi connectivity index (χ3n) is 5.44. The standard InChI is InChI=1S/C24H29N5O3/c1-24(2,3)32-23(31)28-9-7-21(8-10-28)29-15-20(14-27-29)19-12-25-22(26-13-19)18-6-4-5-17(11-18)16-30/h4-6,11-15,21,30H,7-10,16H2,1-3H3. The summed E-state index contributed by atoms with van der Waals surface area (Å²) in [6.45, 7) is 6.93. The molecule has 1 aliphatic rings. The van der Waals surface area contributed by atoms with Crippen LogP contribution in [0.25, 0.3) is 22.5 Å². The van der Waals surface area contributed by atoms with Crippen molar-refractivity contribution >= 4 is 6.09 Å². The van der Waals surface area contributed by atoms with Gasteiger partial charge in [-0.1, -0.05) is 18.2 Å². The van der Waals surface area contributed by atoms with Crippen LogP contribution in [0.3, 0.4) is 0 Å². The topological polar surface area (TPSA) is 93.4 Å². The molecule has 0 spiro atoms. The number of aliphatic hydroxyl groups is 1. The smallest absolute Gasteiger partial charge is 0.410 e. The first-order chi connectivity index (χ1) is 15.3. The van der Waals surface area contributed by atoms with Gasteiger partial charge in [0, 0.05) is 48.4 Å². The van der Waals surface area contributed by atoms with Gasteiger partial charge in [0.2, 0.25) is 0 Å². The van der Waals surface area contributed by atoms with E-state index in [1.165, 1.54) is 0 Å². The Morgan fingerprint density at radius 3 is 2.47 bits per heavy atom. The van der Waals surface area contributed by atoms with E-state index in [-0.39, 0.29) is 18.7 Å². The number of ether oxygens (including phenoxy) is 1. The van der Waals surface area contributed by atoms with Crippen LogP contribution in [0.15, 0.2) is 49.1 Å². The zero-order chi connectivity index (χ0) is 22.7. The minimum absolute atomic E-state index is 0.0121. The molecule has 8 heteroatoms. The SMILES string of the molecule is CC(C)(C)OC(=O)N1CCC(n2cc(-c3cnc(-c4cccc(CO)c4)nc3)cn2)CC1. The molecule has 4 rings (SSSR count). The highest BCUT2D eigenvalue weighted by Gasteiger charge is 2.27. The highest BCUT2D eigenvalue weighted by Crippen LogP contribution is 2.26. The number of benzene rings is 1. The monoisotopic (exact) mass is 435 g/mol. The predicted molar refractivity (Wildman–Crippen MR) is 121 cm³/mol. The molecule has 2 aromatic heterocycles. The normalized spacial score (nSPS) is 15.1. The van der Waals surface area contributed by atoms with Crippen LogP contribution in [-0.4, -0.2) is 54.5 Å². The number of aliphatic hydroxyl groups excluding tert-OH is 1. The minimum atomic E-state index is -0.482. The van der Waals surface area contributed by atoms with Crippen molar-refractivity contribution in [2.75, 3.05) is 13.1 Å². The second-order valence-electron chi connectivity index (χ2n) is 9.06. The summed E-state index contributed by atoms with van der Waals surface area (Å²) >= 11 is 0. The van der Waals surface area contributed by atoms with Crippen molar-refractivity contribution < 1.29 is 14.6 Å². The number of amides is 1. The lowest BCUT2D eigenvalue weighted by atomic mass is 10.1. The van der Waals surface area contributed by atoms with E-state index in [1.54, 1.807) is 17.3 Å². The maximum Gasteiger partial charge on any atom is 0.410 e. The van der Waals surface area contributed by atoms with Crippen molar-refractivity contribution in [1.82, 2.24) is 24.6 Å². The fraction of sp³-hybridized carbons (Fsp3) is 0.417. The van der Waals surface area contributed by atoms with Crippen molar-refractivity contribution in [1.29, 1.82) is 0 Å². The van der Waals surface area contributed by atoms with Crippen LogP contribution >= 0.6 is 0 Å². The van der Waals surface area contributed by atoms with Crippen LogP contribution in [-0.2, 0) is 11.3 Å². The van der Waals surface area contributed by atoms with Crippen LogP contribution < -0.4 is 0 Å². The fourth-order valence-electron chi connectivity index (χ4n) is 3.76. The quantitative estimate of drug-likeness (QED) is 0.664. The van der Waals surface area contributed by atoms with Crippen molar-refractivity contribution in [3.63, 3.8) is 0 Å². The van der Waals surface area contributed by atoms with Gasteiger partial charge in [0.1, 0.15) is 5.60 Å². The van der Waals surface area contributed by atoms with Crippen molar-refractivity contribution in [2.24, 2.45) is 0 Å². The van der Waals surface area contributed by atoms with E-state index >= 15 is 0 Å². The zero-order valence-electron chi connectivity index (χ0n) is 18.7. The van der Waals surface area contributed by atoms with E-state index in [2.05, 4.69) is 15.1 Å². The number of hydrogen-bond acceptors (Lipinski definition) is 6. The fourth-order valence-corrected chi connectivity index (χ4v) is 3.76. The molecule has 8 nitrogen and oxygen atoms in total. The van der Waals surface area contributed by atoms with E-state index in [9.17, 15) is 9.90 Å². The Bertz CT molecular complexity index is 1060. The summed E-state index contributed by atoms with van der Waals surface area (Å²) < 4.78 is 7.45. The van der Waals surface area contributed by atoms with Gasteiger partial charge in [0.25, 0.3) is 0 Å². The minimum Gasteiger partial charge on any atom is -0.444 e. The van der Waals surface area contributed by atoms with Gasteiger partial charge in [-0.15, -0.1) is 0 Å². The van der Waals surface area contributed by atoms with E-state index in [1.807, 2.05) is 62.1 Å². The Hall–Kier alpha value is -3.26. The first-order valence-corrected chi connectivity index (χ1v) is 10.9. The Morgan fingerprint density at radius 2 is 1.81 bits per heavy atom. The Balaban J connectivity index is 1.39. The lowest BCUT2D eigenvalue weighted by molar-refractivity contribution is 0.0185. The number of carbonyl (C=O) groups excluding carboxylic acids is 1. The lowest BCUT2D eigenvalue weighted by Gasteiger charge is -2.33. The van der Waals surface area contributed by atoms with Gasteiger partial charge in [-0.05, 0) is 45.2 Å². The number of aromatic nitrogens is 4. The first-order valence-electron chi connectivity index (χ1n) is 10.9. The molecular weight excluding hydrogens is 406 g/mol. The van der Waals surface area contributed by atoms with Gasteiger partial charge >= 0.3 is 6.09 Å². The Labute approximate surface area is 187 Å². The molecular formula is C24H29N5O3. The number of hydrogen-bond donors (Lipinski definition) is 1. The van der Waals surface area contributed by atoms with Crippen molar-refractivity contribution in [3.8, 4) is 22.5 Å². The number of nitrogens with zero attached hydrogens (tertiary/aromatic N) is 5. The zero-order valence-corrected chi connectivity index (χ0v) is 18.7. The van der Waals surface area contributed by atoms with Crippen LogP contribution in [0.5, 0.6) is 0 Å². The summed E-state index contributed by atoms with van der Waals surface area (Å²) in [5.41, 5.74) is 3.06. The molecule has 32 heavy (non-hydrogen) atoms. The number of piperidine rings is 1. The largest absolute Gasteiger partial charge is 0.444 e. The second kappa shape index (κ2) is 9.08. The molecule has 1 amide bonds. The van der Waals surface area contributed by atoms with E-state index in [4.69, 9.17) is 4.74 Å². The molecule has 1 aromatic carbocycles. The highest BCUT2D eigenvalue weighted by molar-refractivity contribution is 5.68. The van der Waals surface area contributed by atoms with Gasteiger partial charge in [-0.2, -0.15) is 5.10 Å². The summed E-state index contributed by atoms with van der Waals surface area (Å²) in [6.07, 6.45) is 8.83. The Morgan fingerprint density at radius 1 is 1.09 bits per heavy atom.